The number of carbonyl (C=O) groups excluding carboxylic acids is 2. The van der Waals surface area contributed by atoms with Crippen LogP contribution >= 0.6 is 11.3 Å². The lowest BCUT2D eigenvalue weighted by Gasteiger charge is -2.24. The van der Waals surface area contributed by atoms with Crippen molar-refractivity contribution in [2.75, 3.05) is 14.2 Å². The van der Waals surface area contributed by atoms with Crippen molar-refractivity contribution in [1.29, 1.82) is 0 Å². The van der Waals surface area contributed by atoms with E-state index >= 15 is 0 Å². The highest BCUT2D eigenvalue weighted by Crippen LogP contribution is 2.42. The lowest BCUT2D eigenvalue weighted by Crippen LogP contribution is -2.28. The Balaban J connectivity index is 1.85. The third kappa shape index (κ3) is 4.12. The summed E-state index contributed by atoms with van der Waals surface area (Å²) in [6, 6.07) is 14.0. The van der Waals surface area contributed by atoms with Gasteiger partial charge in [-0.25, -0.2) is 0 Å². The fourth-order valence-corrected chi connectivity index (χ4v) is 5.01. The van der Waals surface area contributed by atoms with E-state index in [4.69, 9.17) is 9.47 Å². The molecule has 3 aromatic rings. The van der Waals surface area contributed by atoms with Crippen molar-refractivity contribution in [2.45, 2.75) is 26.4 Å². The average molecular weight is 464 g/mol. The van der Waals surface area contributed by atoms with E-state index in [0.717, 1.165) is 21.6 Å². The molecular formula is C26H25NO5S. The zero-order valence-corrected chi connectivity index (χ0v) is 19.7. The van der Waals surface area contributed by atoms with Crippen LogP contribution in [0.4, 0.5) is 0 Å². The third-order valence-electron chi connectivity index (χ3n) is 5.84. The lowest BCUT2D eigenvalue weighted by atomic mass is 9.96. The van der Waals surface area contributed by atoms with Crippen LogP contribution in [0.5, 0.6) is 11.5 Å². The molecule has 0 bridgehead atoms. The van der Waals surface area contributed by atoms with Gasteiger partial charge in [0.25, 0.3) is 11.7 Å². The van der Waals surface area contributed by atoms with Crippen molar-refractivity contribution in [1.82, 2.24) is 4.90 Å². The Morgan fingerprint density at radius 2 is 1.82 bits per heavy atom. The molecule has 170 valence electrons. The second kappa shape index (κ2) is 9.11. The fourth-order valence-electron chi connectivity index (χ4n) is 4.16. The molecule has 1 N–H and O–H groups in total. The zero-order valence-electron chi connectivity index (χ0n) is 18.9. The summed E-state index contributed by atoms with van der Waals surface area (Å²) < 4.78 is 10.7. The molecule has 2 heterocycles. The number of carbonyl (C=O) groups is 2. The van der Waals surface area contributed by atoms with Crippen molar-refractivity contribution in [3.05, 3.63) is 86.6 Å². The van der Waals surface area contributed by atoms with Crippen LogP contribution in [0, 0.1) is 13.8 Å². The maximum Gasteiger partial charge on any atom is 0.295 e. The van der Waals surface area contributed by atoms with Crippen molar-refractivity contribution in [2.24, 2.45) is 0 Å². The van der Waals surface area contributed by atoms with Crippen LogP contribution in [0.15, 0.2) is 59.5 Å². The third-order valence-corrected chi connectivity index (χ3v) is 6.76. The number of likely N-dealkylation sites (tertiary alicyclic amines) is 1. The summed E-state index contributed by atoms with van der Waals surface area (Å²) in [5.41, 5.74) is 3.00. The summed E-state index contributed by atoms with van der Waals surface area (Å²) in [5.74, 6) is -0.149. The smallest absolute Gasteiger partial charge is 0.295 e. The first-order valence-corrected chi connectivity index (χ1v) is 11.3. The molecule has 1 amide bonds. The van der Waals surface area contributed by atoms with E-state index in [9.17, 15) is 14.7 Å². The van der Waals surface area contributed by atoms with Crippen molar-refractivity contribution >= 4 is 28.8 Å². The minimum Gasteiger partial charge on any atom is -0.507 e. The predicted molar refractivity (Wildman–Crippen MR) is 128 cm³/mol. The molecule has 0 aliphatic carbocycles. The first kappa shape index (κ1) is 22.6. The van der Waals surface area contributed by atoms with Gasteiger partial charge < -0.3 is 19.5 Å². The van der Waals surface area contributed by atoms with E-state index in [1.54, 1.807) is 20.3 Å². The highest BCUT2D eigenvalue weighted by atomic mass is 32.1. The van der Waals surface area contributed by atoms with Crippen LogP contribution in [0.1, 0.15) is 33.2 Å². The minimum absolute atomic E-state index is 0.0954. The number of aliphatic hydroxyl groups is 1. The summed E-state index contributed by atoms with van der Waals surface area (Å²) in [6.07, 6.45) is 0. The monoisotopic (exact) mass is 463 g/mol. The van der Waals surface area contributed by atoms with Gasteiger partial charge in [0.1, 0.15) is 17.3 Å². The Bertz CT molecular complexity index is 1250. The number of hydrogen-bond acceptors (Lipinski definition) is 6. The Morgan fingerprint density at radius 1 is 1.03 bits per heavy atom. The molecule has 1 aliphatic rings. The van der Waals surface area contributed by atoms with E-state index in [0.29, 0.717) is 17.1 Å². The normalized spacial score (nSPS) is 17.5. The number of Topliss-reactive ketones (excluding diaryl/α,β-unsaturated/α-hetero) is 1. The molecule has 1 fully saturated rings. The predicted octanol–water partition coefficient (Wildman–Crippen LogP) is 5.00. The van der Waals surface area contributed by atoms with E-state index in [1.807, 2.05) is 61.7 Å². The van der Waals surface area contributed by atoms with Crippen LogP contribution in [0.2, 0.25) is 0 Å². The lowest BCUT2D eigenvalue weighted by molar-refractivity contribution is -0.140. The number of amides is 1. The summed E-state index contributed by atoms with van der Waals surface area (Å²) in [6.45, 7) is 3.92. The van der Waals surface area contributed by atoms with Crippen LogP contribution in [-0.2, 0) is 16.1 Å². The fraction of sp³-hybridized carbons (Fsp3) is 0.231. The molecule has 1 aliphatic heterocycles. The second-order valence-corrected chi connectivity index (χ2v) is 8.91. The van der Waals surface area contributed by atoms with Gasteiger partial charge in [0.15, 0.2) is 0 Å². The van der Waals surface area contributed by atoms with Crippen LogP contribution in [0.3, 0.4) is 0 Å². The molecule has 2 aromatic carbocycles. The minimum atomic E-state index is -0.693. The van der Waals surface area contributed by atoms with Gasteiger partial charge in [-0.05, 0) is 66.2 Å². The maximum atomic E-state index is 13.2. The van der Waals surface area contributed by atoms with Crippen molar-refractivity contribution < 1.29 is 24.2 Å². The Kier molecular flexibility index (Phi) is 6.24. The van der Waals surface area contributed by atoms with E-state index in [1.165, 1.54) is 16.2 Å². The van der Waals surface area contributed by atoms with E-state index < -0.39 is 17.7 Å². The van der Waals surface area contributed by atoms with Gasteiger partial charge in [0.2, 0.25) is 0 Å². The first-order chi connectivity index (χ1) is 15.8. The molecule has 1 unspecified atom stereocenters. The topological polar surface area (TPSA) is 76.1 Å². The number of benzene rings is 2. The number of aliphatic hydroxyl groups excluding tert-OH is 1. The van der Waals surface area contributed by atoms with Crippen molar-refractivity contribution in [3.8, 4) is 11.5 Å². The molecule has 0 spiro atoms. The number of thiophene rings is 1. The van der Waals surface area contributed by atoms with Gasteiger partial charge in [-0.15, -0.1) is 11.3 Å². The molecule has 1 atom stereocenters. The second-order valence-electron chi connectivity index (χ2n) is 7.93. The number of hydrogen-bond donors (Lipinski definition) is 1. The largest absolute Gasteiger partial charge is 0.507 e. The molecule has 4 rings (SSSR count). The number of nitrogens with zero attached hydrogens (tertiary/aromatic N) is 1. The average Bonchev–Trinajstić information content (AvgIpc) is 3.43. The number of aryl methyl sites for hydroxylation is 2. The molecule has 6 nitrogen and oxygen atoms in total. The quantitative estimate of drug-likeness (QED) is 0.316. The summed E-state index contributed by atoms with van der Waals surface area (Å²) in [4.78, 5) is 28.7. The Morgan fingerprint density at radius 3 is 2.48 bits per heavy atom. The Hall–Kier alpha value is -3.58. The van der Waals surface area contributed by atoms with Gasteiger partial charge in [-0.2, -0.15) is 0 Å². The number of ether oxygens (including phenoxy) is 2. The number of methoxy groups -OCH3 is 2. The van der Waals surface area contributed by atoms with Crippen LogP contribution < -0.4 is 9.47 Å². The molecule has 33 heavy (non-hydrogen) atoms. The zero-order chi connectivity index (χ0) is 23.7. The highest BCUT2D eigenvalue weighted by Gasteiger charge is 2.46. The summed E-state index contributed by atoms with van der Waals surface area (Å²) in [7, 11) is 3.17. The number of ketones is 1. The number of rotatable bonds is 6. The maximum absolute atomic E-state index is 13.2. The molecule has 0 saturated carbocycles. The van der Waals surface area contributed by atoms with E-state index in [2.05, 4.69) is 0 Å². The standard InChI is InChI=1S/C26H25NO5S/c1-15-12-20(32-4)16(2)11-19(15)24(28)22-23(21-9-6-10-33-21)27(26(30)25(22)29)14-17-7-5-8-18(13-17)31-3/h5-13,23,28H,14H2,1-4H3/b24-22-. The van der Waals surface area contributed by atoms with Crippen LogP contribution in [-0.4, -0.2) is 35.9 Å². The summed E-state index contributed by atoms with van der Waals surface area (Å²) in [5, 5.41) is 13.2. The molecule has 7 heteroatoms. The van der Waals surface area contributed by atoms with Gasteiger partial charge in [-0.1, -0.05) is 18.2 Å². The van der Waals surface area contributed by atoms with Gasteiger partial charge >= 0.3 is 0 Å². The van der Waals surface area contributed by atoms with Crippen molar-refractivity contribution in [3.63, 3.8) is 0 Å². The van der Waals surface area contributed by atoms with Gasteiger partial charge in [-0.3, -0.25) is 9.59 Å². The summed E-state index contributed by atoms with van der Waals surface area (Å²) >= 11 is 1.44. The highest BCUT2D eigenvalue weighted by molar-refractivity contribution is 7.10. The Labute approximate surface area is 196 Å². The van der Waals surface area contributed by atoms with Crippen LogP contribution in [0.25, 0.3) is 5.76 Å². The molecule has 0 radical (unpaired) electrons. The van der Waals surface area contributed by atoms with Gasteiger partial charge in [0, 0.05) is 17.0 Å². The first-order valence-electron chi connectivity index (χ1n) is 10.5. The molecule has 1 aromatic heterocycles. The SMILES string of the molecule is COc1cccc(CN2C(=O)C(=O)/C(=C(\O)c3cc(C)c(OC)cc3C)C2c2cccs2)c1. The van der Waals surface area contributed by atoms with Gasteiger partial charge in [0.05, 0.1) is 25.8 Å². The molecule has 1 saturated heterocycles. The van der Waals surface area contributed by atoms with E-state index in [-0.39, 0.29) is 17.9 Å². The molecular weight excluding hydrogens is 438 g/mol.